The van der Waals surface area contributed by atoms with E-state index < -0.39 is 28.1 Å². The maximum Gasteiger partial charge on any atom is 0.333 e. The minimum atomic E-state index is -4.07. The first-order chi connectivity index (χ1) is 16.2. The molecule has 0 saturated carbocycles. The van der Waals surface area contributed by atoms with E-state index in [1.807, 2.05) is 44.2 Å². The first kappa shape index (κ1) is 23.7. The molecule has 1 heterocycles. The standard InChI is InChI=1S/C27H27NO5S/c1-18-7-13-23(14-8-18)34(31,32)28-25(20-9-11-22(33-3)12-10-20)16-15-24(27(29)30)26(28)21-6-4-5-19(2)17-21/h4-15,17,25-26H,16H2,1-3H3,(H,29,30)/t25-,26-/m0/s1. The Morgan fingerprint density at radius 1 is 0.941 bits per heavy atom. The van der Waals surface area contributed by atoms with Crippen LogP contribution in [0.1, 0.15) is 40.8 Å². The third-order valence-corrected chi connectivity index (χ3v) is 8.01. The summed E-state index contributed by atoms with van der Waals surface area (Å²) < 4.78 is 34.9. The molecule has 0 radical (unpaired) electrons. The minimum Gasteiger partial charge on any atom is -0.497 e. The number of benzene rings is 3. The molecule has 6 nitrogen and oxygen atoms in total. The van der Waals surface area contributed by atoms with E-state index in [0.29, 0.717) is 11.3 Å². The summed E-state index contributed by atoms with van der Waals surface area (Å²) >= 11 is 0. The highest BCUT2D eigenvalue weighted by Crippen LogP contribution is 2.46. The van der Waals surface area contributed by atoms with E-state index >= 15 is 0 Å². The number of carboxylic acids is 1. The number of aliphatic carboxylic acids is 1. The van der Waals surface area contributed by atoms with E-state index in [-0.39, 0.29) is 16.9 Å². The van der Waals surface area contributed by atoms with Crippen LogP contribution in [0.2, 0.25) is 0 Å². The van der Waals surface area contributed by atoms with Crippen molar-refractivity contribution in [3.8, 4) is 5.75 Å². The molecule has 0 aromatic heterocycles. The molecule has 0 saturated heterocycles. The van der Waals surface area contributed by atoms with Gasteiger partial charge in [-0.25, -0.2) is 13.2 Å². The summed E-state index contributed by atoms with van der Waals surface area (Å²) in [6.45, 7) is 3.79. The van der Waals surface area contributed by atoms with Crippen molar-refractivity contribution in [3.05, 3.63) is 107 Å². The predicted molar refractivity (Wildman–Crippen MR) is 130 cm³/mol. The average Bonchev–Trinajstić information content (AvgIpc) is 2.83. The lowest BCUT2D eigenvalue weighted by molar-refractivity contribution is -0.133. The molecule has 1 aliphatic rings. The van der Waals surface area contributed by atoms with Crippen molar-refractivity contribution in [1.82, 2.24) is 4.31 Å². The SMILES string of the molecule is COc1ccc([C@@H]2CC=C(C(=O)O)[C@H](c3cccc(C)c3)N2S(=O)(=O)c2ccc(C)cc2)cc1. The van der Waals surface area contributed by atoms with Crippen LogP contribution in [0.3, 0.4) is 0 Å². The number of rotatable bonds is 6. The van der Waals surface area contributed by atoms with Crippen LogP contribution in [0.5, 0.6) is 5.75 Å². The van der Waals surface area contributed by atoms with Crippen LogP contribution in [0.15, 0.2) is 89.3 Å². The average molecular weight is 478 g/mol. The van der Waals surface area contributed by atoms with Crippen molar-refractivity contribution in [2.24, 2.45) is 0 Å². The molecular weight excluding hydrogens is 450 g/mol. The largest absolute Gasteiger partial charge is 0.497 e. The number of carboxylic acid groups (broad SMARTS) is 1. The Bertz CT molecular complexity index is 1330. The summed E-state index contributed by atoms with van der Waals surface area (Å²) in [7, 11) is -2.50. The van der Waals surface area contributed by atoms with Crippen molar-refractivity contribution < 1.29 is 23.1 Å². The Labute approximate surface area is 200 Å². The summed E-state index contributed by atoms with van der Waals surface area (Å²) in [6.07, 6.45) is 1.88. The number of hydrogen-bond donors (Lipinski definition) is 1. The molecule has 3 aromatic carbocycles. The number of nitrogens with zero attached hydrogens (tertiary/aromatic N) is 1. The Morgan fingerprint density at radius 3 is 2.21 bits per heavy atom. The second kappa shape index (κ2) is 9.44. The summed E-state index contributed by atoms with van der Waals surface area (Å²) in [5.41, 5.74) is 3.27. The molecule has 0 bridgehead atoms. The third-order valence-electron chi connectivity index (χ3n) is 6.12. The molecule has 1 N–H and O–H groups in total. The Morgan fingerprint density at radius 2 is 1.62 bits per heavy atom. The Balaban J connectivity index is 1.96. The Kier molecular flexibility index (Phi) is 6.59. The van der Waals surface area contributed by atoms with Gasteiger partial charge in [-0.2, -0.15) is 4.31 Å². The van der Waals surface area contributed by atoms with E-state index in [1.165, 1.54) is 4.31 Å². The van der Waals surface area contributed by atoms with E-state index in [4.69, 9.17) is 4.74 Å². The van der Waals surface area contributed by atoms with Gasteiger partial charge in [-0.1, -0.05) is 65.7 Å². The van der Waals surface area contributed by atoms with Crippen LogP contribution in [-0.4, -0.2) is 30.9 Å². The zero-order valence-corrected chi connectivity index (χ0v) is 20.1. The highest BCUT2D eigenvalue weighted by molar-refractivity contribution is 7.89. The lowest BCUT2D eigenvalue weighted by Gasteiger charge is -2.40. The fourth-order valence-corrected chi connectivity index (χ4v) is 6.17. The first-order valence-corrected chi connectivity index (χ1v) is 12.4. The van der Waals surface area contributed by atoms with Gasteiger partial charge in [0.1, 0.15) is 5.75 Å². The maximum absolute atomic E-state index is 14.1. The number of methoxy groups -OCH3 is 1. The van der Waals surface area contributed by atoms with Gasteiger partial charge in [-0.15, -0.1) is 0 Å². The second-order valence-electron chi connectivity index (χ2n) is 8.45. The molecule has 4 rings (SSSR count). The molecule has 0 aliphatic carbocycles. The molecule has 0 spiro atoms. The van der Waals surface area contributed by atoms with E-state index in [2.05, 4.69) is 0 Å². The van der Waals surface area contributed by atoms with Crippen LogP contribution in [0, 0.1) is 13.8 Å². The second-order valence-corrected chi connectivity index (χ2v) is 10.3. The number of ether oxygens (including phenoxy) is 1. The zero-order chi connectivity index (χ0) is 24.5. The smallest absolute Gasteiger partial charge is 0.333 e. The van der Waals surface area contributed by atoms with Crippen LogP contribution >= 0.6 is 0 Å². The molecule has 2 atom stereocenters. The minimum absolute atomic E-state index is 0.0473. The van der Waals surface area contributed by atoms with Gasteiger partial charge in [0, 0.05) is 0 Å². The molecule has 176 valence electrons. The summed E-state index contributed by atoms with van der Waals surface area (Å²) in [5.74, 6) is -0.478. The monoisotopic (exact) mass is 477 g/mol. The highest BCUT2D eigenvalue weighted by atomic mass is 32.2. The number of hydrogen-bond acceptors (Lipinski definition) is 4. The molecule has 0 unspecified atom stereocenters. The van der Waals surface area contributed by atoms with Crippen molar-refractivity contribution in [2.45, 2.75) is 37.2 Å². The maximum atomic E-state index is 14.1. The van der Waals surface area contributed by atoms with Gasteiger partial charge in [-0.3, -0.25) is 0 Å². The van der Waals surface area contributed by atoms with Gasteiger partial charge in [0.15, 0.2) is 0 Å². The molecule has 0 fully saturated rings. The lowest BCUT2D eigenvalue weighted by Crippen LogP contribution is -2.42. The molecular formula is C27H27NO5S. The normalized spacial score (nSPS) is 18.9. The first-order valence-electron chi connectivity index (χ1n) is 11.0. The van der Waals surface area contributed by atoms with Crippen molar-refractivity contribution in [2.75, 3.05) is 7.11 Å². The van der Waals surface area contributed by atoms with Gasteiger partial charge >= 0.3 is 5.97 Å². The fraction of sp³-hybridized carbons (Fsp3) is 0.222. The summed E-state index contributed by atoms with van der Waals surface area (Å²) in [4.78, 5) is 12.4. The molecule has 1 aliphatic heterocycles. The van der Waals surface area contributed by atoms with Gasteiger partial charge in [0.05, 0.1) is 29.7 Å². The van der Waals surface area contributed by atoms with Gasteiger partial charge in [0.25, 0.3) is 0 Å². The van der Waals surface area contributed by atoms with Crippen LogP contribution in [0.4, 0.5) is 0 Å². The molecule has 0 amide bonds. The highest BCUT2D eigenvalue weighted by Gasteiger charge is 2.44. The lowest BCUT2D eigenvalue weighted by atomic mass is 9.89. The van der Waals surface area contributed by atoms with E-state index in [9.17, 15) is 18.3 Å². The number of aryl methyl sites for hydroxylation is 2. The predicted octanol–water partition coefficient (Wildman–Crippen LogP) is 5.20. The number of sulfonamides is 1. The summed E-state index contributed by atoms with van der Waals surface area (Å²) in [6, 6.07) is 19.6. The topological polar surface area (TPSA) is 83.9 Å². The van der Waals surface area contributed by atoms with Crippen molar-refractivity contribution in [1.29, 1.82) is 0 Å². The Hall–Kier alpha value is -3.42. The van der Waals surface area contributed by atoms with E-state index in [1.54, 1.807) is 55.7 Å². The van der Waals surface area contributed by atoms with E-state index in [0.717, 1.165) is 16.7 Å². The molecule has 7 heteroatoms. The van der Waals surface area contributed by atoms with Crippen LogP contribution in [-0.2, 0) is 14.8 Å². The fourth-order valence-electron chi connectivity index (χ4n) is 4.39. The van der Waals surface area contributed by atoms with Crippen LogP contribution < -0.4 is 4.74 Å². The van der Waals surface area contributed by atoms with Gasteiger partial charge in [-0.05, 0) is 55.7 Å². The zero-order valence-electron chi connectivity index (χ0n) is 19.3. The van der Waals surface area contributed by atoms with Crippen molar-refractivity contribution >= 4 is 16.0 Å². The molecule has 3 aromatic rings. The number of carbonyl (C=O) groups is 1. The van der Waals surface area contributed by atoms with Crippen molar-refractivity contribution in [3.63, 3.8) is 0 Å². The molecule has 34 heavy (non-hydrogen) atoms. The van der Waals surface area contributed by atoms with Crippen LogP contribution in [0.25, 0.3) is 0 Å². The van der Waals surface area contributed by atoms with Gasteiger partial charge < -0.3 is 9.84 Å². The third kappa shape index (κ3) is 4.49. The quantitative estimate of drug-likeness (QED) is 0.528. The van der Waals surface area contributed by atoms with Gasteiger partial charge in [0.2, 0.25) is 10.0 Å². The summed E-state index contributed by atoms with van der Waals surface area (Å²) in [5, 5.41) is 10.0.